The molecule has 0 aliphatic heterocycles. The van der Waals surface area contributed by atoms with Gasteiger partial charge in [0.2, 0.25) is 0 Å². The molecule has 0 saturated heterocycles. The number of para-hydroxylation sites is 2. The van der Waals surface area contributed by atoms with E-state index in [-0.39, 0.29) is 21.1 Å². The van der Waals surface area contributed by atoms with Crippen LogP contribution in [0.5, 0.6) is 0 Å². The van der Waals surface area contributed by atoms with Crippen LogP contribution in [0.3, 0.4) is 0 Å². The number of aromatic nitrogens is 3. The van der Waals surface area contributed by atoms with E-state index in [4.69, 9.17) is 4.98 Å². The van der Waals surface area contributed by atoms with Gasteiger partial charge in [-0.3, -0.25) is 0 Å². The Morgan fingerprint density at radius 2 is 1.29 bits per heavy atom. The fraction of sp³-hybridized carbons (Fsp3) is 0.0455. The van der Waals surface area contributed by atoms with Crippen molar-refractivity contribution in [2.45, 2.75) is 13.8 Å². The standard InChI is InChI=1S/C44H28N4.Pt/c1-28-12-10-16-33(24-28)47-39-20-8-6-18-36(39)41-38(27-45)42-37-19-7-9-21-40(37)48(44(42)46-43(41)47)34-17-11-15-32(26-34)35-23-22-31(25-29(35)2)30-13-4-3-5-14-30;/h3-15,17-25H,1-2H3;/q-2;+2. The van der Waals surface area contributed by atoms with Crippen LogP contribution in [0.4, 0.5) is 0 Å². The van der Waals surface area contributed by atoms with E-state index in [0.717, 1.165) is 71.9 Å². The van der Waals surface area contributed by atoms with Crippen LogP contribution in [-0.2, 0) is 21.1 Å². The normalized spacial score (nSPS) is 11.3. The van der Waals surface area contributed by atoms with Crippen molar-refractivity contribution in [3.05, 3.63) is 162 Å². The first-order valence-electron chi connectivity index (χ1n) is 16.0. The molecule has 0 N–H and O–H groups in total. The van der Waals surface area contributed by atoms with Crippen LogP contribution in [-0.4, -0.2) is 14.1 Å². The summed E-state index contributed by atoms with van der Waals surface area (Å²) in [5.41, 5.74) is 12.6. The van der Waals surface area contributed by atoms with Crippen LogP contribution in [0.2, 0.25) is 0 Å². The van der Waals surface area contributed by atoms with Crippen LogP contribution in [0.1, 0.15) is 16.7 Å². The molecule has 5 heteroatoms. The van der Waals surface area contributed by atoms with Gasteiger partial charge in [0.25, 0.3) is 0 Å². The average Bonchev–Trinajstić information content (AvgIpc) is 3.64. The predicted octanol–water partition coefficient (Wildman–Crippen LogP) is 10.7. The molecule has 9 rings (SSSR count). The summed E-state index contributed by atoms with van der Waals surface area (Å²) < 4.78 is 4.29. The Kier molecular flexibility index (Phi) is 7.52. The fourth-order valence-electron chi connectivity index (χ4n) is 7.20. The number of hydrogen-bond acceptors (Lipinski definition) is 2. The van der Waals surface area contributed by atoms with Crippen molar-refractivity contribution in [1.29, 1.82) is 5.26 Å². The van der Waals surface area contributed by atoms with E-state index < -0.39 is 0 Å². The van der Waals surface area contributed by atoms with Crippen LogP contribution in [0, 0.1) is 37.3 Å². The minimum atomic E-state index is 0. The minimum absolute atomic E-state index is 0. The zero-order valence-corrected chi connectivity index (χ0v) is 29.1. The van der Waals surface area contributed by atoms with Crippen LogP contribution in [0.15, 0.2) is 133 Å². The first kappa shape index (κ1) is 30.6. The van der Waals surface area contributed by atoms with Crippen molar-refractivity contribution in [3.8, 4) is 39.7 Å². The van der Waals surface area contributed by atoms with Gasteiger partial charge in [0.1, 0.15) is 17.4 Å². The van der Waals surface area contributed by atoms with Gasteiger partial charge in [0, 0.05) is 21.5 Å². The molecule has 0 unspecified atom stereocenters. The summed E-state index contributed by atoms with van der Waals surface area (Å²) >= 11 is 0. The maximum absolute atomic E-state index is 10.9. The zero-order valence-electron chi connectivity index (χ0n) is 26.8. The van der Waals surface area contributed by atoms with Crippen LogP contribution < -0.4 is 0 Å². The Hall–Kier alpha value is -5.75. The molecule has 0 aliphatic carbocycles. The second-order valence-corrected chi connectivity index (χ2v) is 12.3. The van der Waals surface area contributed by atoms with Gasteiger partial charge in [-0.15, -0.1) is 35.9 Å². The molecule has 0 atom stereocenters. The number of rotatable bonds is 4. The molecule has 0 spiro atoms. The van der Waals surface area contributed by atoms with Crippen molar-refractivity contribution >= 4 is 43.9 Å². The van der Waals surface area contributed by atoms with Gasteiger partial charge in [-0.2, -0.15) is 29.0 Å². The molecule has 234 valence electrons. The number of benzene rings is 6. The maximum Gasteiger partial charge on any atom is 2.00 e. The van der Waals surface area contributed by atoms with Crippen molar-refractivity contribution in [2.75, 3.05) is 0 Å². The van der Waals surface area contributed by atoms with E-state index >= 15 is 0 Å². The van der Waals surface area contributed by atoms with Gasteiger partial charge in [0.15, 0.2) is 0 Å². The molecular weight excluding hydrogens is 780 g/mol. The predicted molar refractivity (Wildman–Crippen MR) is 196 cm³/mol. The first-order valence-corrected chi connectivity index (χ1v) is 16.0. The molecule has 0 radical (unpaired) electrons. The summed E-state index contributed by atoms with van der Waals surface area (Å²) in [6.07, 6.45) is 0. The van der Waals surface area contributed by atoms with Crippen molar-refractivity contribution in [2.24, 2.45) is 0 Å². The van der Waals surface area contributed by atoms with Crippen LogP contribution in [0.25, 0.3) is 77.5 Å². The number of fused-ring (bicyclic) bond motifs is 6. The van der Waals surface area contributed by atoms with Gasteiger partial charge in [-0.05, 0) is 35.9 Å². The summed E-state index contributed by atoms with van der Waals surface area (Å²) in [7, 11) is 0. The maximum atomic E-state index is 10.9. The molecule has 49 heavy (non-hydrogen) atoms. The summed E-state index contributed by atoms with van der Waals surface area (Å²) in [4.78, 5) is 5.44. The van der Waals surface area contributed by atoms with E-state index in [1.807, 2.05) is 42.5 Å². The summed E-state index contributed by atoms with van der Waals surface area (Å²) in [6, 6.07) is 55.7. The summed E-state index contributed by atoms with van der Waals surface area (Å²) in [6.45, 7) is 4.23. The van der Waals surface area contributed by atoms with Gasteiger partial charge in [-0.25, -0.2) is 4.98 Å². The molecule has 0 aliphatic rings. The Morgan fingerprint density at radius 3 is 1.94 bits per heavy atom. The van der Waals surface area contributed by atoms with Crippen LogP contribution >= 0.6 is 0 Å². The second-order valence-electron chi connectivity index (χ2n) is 12.3. The van der Waals surface area contributed by atoms with E-state index in [1.54, 1.807) is 0 Å². The monoisotopic (exact) mass is 807 g/mol. The topological polar surface area (TPSA) is 46.5 Å². The third-order valence-corrected chi connectivity index (χ3v) is 9.35. The Morgan fingerprint density at radius 1 is 0.633 bits per heavy atom. The van der Waals surface area contributed by atoms with E-state index in [1.165, 1.54) is 16.7 Å². The van der Waals surface area contributed by atoms with Gasteiger partial charge in [-0.1, -0.05) is 109 Å². The molecule has 6 aromatic carbocycles. The number of hydrogen-bond donors (Lipinski definition) is 0. The SMILES string of the molecule is Cc1cc[c-]c(-n2c3ccccc3c3c(C#N)c4c5ccccc5n(-c5[c-]c(-c6ccc(-c7ccccc7)cc6C)ccc5)c4nc32)c1.[Pt+2]. The molecule has 9 aromatic rings. The Balaban J connectivity index is 0.00000348. The molecule has 3 aromatic heterocycles. The number of nitriles is 1. The molecule has 0 bridgehead atoms. The smallest absolute Gasteiger partial charge is 0.318 e. The van der Waals surface area contributed by atoms with Crippen molar-refractivity contribution in [3.63, 3.8) is 0 Å². The van der Waals surface area contributed by atoms with Crippen molar-refractivity contribution < 1.29 is 21.1 Å². The molecule has 0 saturated carbocycles. The molecule has 0 fully saturated rings. The molecule has 0 amide bonds. The van der Waals surface area contributed by atoms with Gasteiger partial charge >= 0.3 is 21.1 Å². The Bertz CT molecular complexity index is 2760. The quantitative estimate of drug-likeness (QED) is 0.166. The van der Waals surface area contributed by atoms with Gasteiger partial charge in [0.05, 0.1) is 16.6 Å². The fourth-order valence-corrected chi connectivity index (χ4v) is 7.20. The molecule has 3 heterocycles. The average molecular weight is 808 g/mol. The van der Waals surface area contributed by atoms with E-state index in [9.17, 15) is 5.26 Å². The molecule has 4 nitrogen and oxygen atoms in total. The number of pyridine rings is 1. The van der Waals surface area contributed by atoms with Crippen molar-refractivity contribution in [1.82, 2.24) is 14.1 Å². The number of aryl methyl sites for hydroxylation is 2. The van der Waals surface area contributed by atoms with E-state index in [0.29, 0.717) is 5.56 Å². The second kappa shape index (κ2) is 12.0. The minimum Gasteiger partial charge on any atom is -0.318 e. The first-order chi connectivity index (χ1) is 23.6. The van der Waals surface area contributed by atoms with E-state index in [2.05, 4.69) is 132 Å². The summed E-state index contributed by atoms with van der Waals surface area (Å²) in [5.74, 6) is 0. The Labute approximate surface area is 298 Å². The third kappa shape index (κ3) is 4.81. The number of nitrogens with zero attached hydrogens (tertiary/aromatic N) is 4. The zero-order chi connectivity index (χ0) is 32.4. The largest absolute Gasteiger partial charge is 2.00 e. The third-order valence-electron chi connectivity index (χ3n) is 9.35. The molecular formula is C44H28N4Pt. The van der Waals surface area contributed by atoms with Gasteiger partial charge < -0.3 is 9.13 Å². The summed E-state index contributed by atoms with van der Waals surface area (Å²) in [5, 5.41) is 14.6.